The first kappa shape index (κ1) is 18.6. The van der Waals surface area contributed by atoms with Gasteiger partial charge in [0.15, 0.2) is 0 Å². The number of anilines is 3. The van der Waals surface area contributed by atoms with E-state index >= 15 is 0 Å². The molecule has 4 rings (SSSR count). The summed E-state index contributed by atoms with van der Waals surface area (Å²) < 4.78 is 0. The van der Waals surface area contributed by atoms with Gasteiger partial charge < -0.3 is 15.3 Å². The summed E-state index contributed by atoms with van der Waals surface area (Å²) in [6.07, 6.45) is -0.482. The molecule has 3 nitrogen and oxygen atoms in total. The number of aliphatic hydroxyl groups is 1. The van der Waals surface area contributed by atoms with Crippen LogP contribution in [0.2, 0.25) is 0 Å². The van der Waals surface area contributed by atoms with Crippen LogP contribution in [0.1, 0.15) is 0 Å². The molecule has 1 aliphatic rings. The van der Waals surface area contributed by atoms with Gasteiger partial charge in [-0.15, -0.1) is 12.4 Å². The van der Waals surface area contributed by atoms with Crippen molar-refractivity contribution in [1.29, 1.82) is 0 Å². The van der Waals surface area contributed by atoms with E-state index in [1.807, 2.05) is 30.3 Å². The molecular formula is C21H21ClN2OS. The van der Waals surface area contributed by atoms with Crippen molar-refractivity contribution in [3.63, 3.8) is 0 Å². The zero-order valence-corrected chi connectivity index (χ0v) is 15.8. The number of nitrogens with zero attached hydrogens (tertiary/aromatic N) is 1. The first-order chi connectivity index (χ1) is 12.3. The molecule has 2 N–H and O–H groups in total. The second kappa shape index (κ2) is 8.49. The smallest absolute Gasteiger partial charge is 0.0891 e. The summed E-state index contributed by atoms with van der Waals surface area (Å²) in [4.78, 5) is 4.67. The van der Waals surface area contributed by atoms with Crippen LogP contribution in [0.5, 0.6) is 0 Å². The van der Waals surface area contributed by atoms with Crippen LogP contribution >= 0.6 is 24.2 Å². The lowest BCUT2D eigenvalue weighted by molar-refractivity contribution is 0.195. The lowest BCUT2D eigenvalue weighted by Gasteiger charge is -2.34. The summed E-state index contributed by atoms with van der Waals surface area (Å²) in [6.45, 7) is 1.06. The SMILES string of the molecule is Cl.OC(CNc1ccccc1)CN1c2ccccc2Sc2ccccc21. The fraction of sp³-hybridized carbons (Fsp3) is 0.143. The fourth-order valence-electron chi connectivity index (χ4n) is 3.04. The van der Waals surface area contributed by atoms with Gasteiger partial charge in [-0.3, -0.25) is 0 Å². The van der Waals surface area contributed by atoms with Gasteiger partial charge in [0.05, 0.1) is 24.0 Å². The lowest BCUT2D eigenvalue weighted by Crippen LogP contribution is -2.34. The van der Waals surface area contributed by atoms with Gasteiger partial charge in [0.1, 0.15) is 0 Å². The maximum atomic E-state index is 10.6. The van der Waals surface area contributed by atoms with E-state index in [2.05, 4.69) is 58.7 Å². The number of nitrogens with one attached hydrogen (secondary N) is 1. The molecule has 1 aliphatic heterocycles. The van der Waals surface area contributed by atoms with Crippen molar-refractivity contribution < 1.29 is 5.11 Å². The Kier molecular flexibility index (Phi) is 6.09. The number of hydrogen-bond acceptors (Lipinski definition) is 4. The van der Waals surface area contributed by atoms with Crippen molar-refractivity contribution in [3.8, 4) is 0 Å². The number of aliphatic hydroxyl groups excluding tert-OH is 1. The summed E-state index contributed by atoms with van der Waals surface area (Å²) in [5.74, 6) is 0. The quantitative estimate of drug-likeness (QED) is 0.635. The van der Waals surface area contributed by atoms with Crippen LogP contribution in [0.25, 0.3) is 0 Å². The monoisotopic (exact) mass is 384 g/mol. The molecule has 0 bridgehead atoms. The molecule has 134 valence electrons. The molecule has 0 fully saturated rings. The Balaban J connectivity index is 0.00000196. The highest BCUT2D eigenvalue weighted by Gasteiger charge is 2.24. The van der Waals surface area contributed by atoms with Crippen molar-refractivity contribution in [3.05, 3.63) is 78.9 Å². The molecule has 1 heterocycles. The number of para-hydroxylation sites is 3. The summed E-state index contributed by atoms with van der Waals surface area (Å²) in [5, 5.41) is 13.9. The third-order valence-electron chi connectivity index (χ3n) is 4.24. The van der Waals surface area contributed by atoms with E-state index in [9.17, 15) is 5.11 Å². The van der Waals surface area contributed by atoms with Gasteiger partial charge in [-0.1, -0.05) is 54.2 Å². The third-order valence-corrected chi connectivity index (χ3v) is 5.37. The van der Waals surface area contributed by atoms with E-state index in [4.69, 9.17) is 0 Å². The predicted molar refractivity (Wildman–Crippen MR) is 112 cm³/mol. The maximum absolute atomic E-state index is 10.6. The largest absolute Gasteiger partial charge is 0.389 e. The minimum atomic E-state index is -0.482. The maximum Gasteiger partial charge on any atom is 0.0891 e. The molecule has 5 heteroatoms. The van der Waals surface area contributed by atoms with E-state index in [1.165, 1.54) is 9.79 Å². The van der Waals surface area contributed by atoms with Crippen LogP contribution in [0.4, 0.5) is 17.1 Å². The molecule has 0 spiro atoms. The van der Waals surface area contributed by atoms with Crippen molar-refractivity contribution in [2.75, 3.05) is 23.3 Å². The number of β-amino-alcohol motifs (C(OH)–C–C–N with tert-alkyl or cyclic N) is 1. The van der Waals surface area contributed by atoms with E-state index in [0.717, 1.165) is 17.1 Å². The number of hydrogen-bond donors (Lipinski definition) is 2. The van der Waals surface area contributed by atoms with E-state index in [-0.39, 0.29) is 12.4 Å². The van der Waals surface area contributed by atoms with Crippen LogP contribution in [-0.4, -0.2) is 24.3 Å². The Bertz CT molecular complexity index is 814. The van der Waals surface area contributed by atoms with Crippen LogP contribution in [0.15, 0.2) is 88.7 Å². The molecule has 3 aromatic carbocycles. The molecule has 1 unspecified atom stereocenters. The zero-order valence-electron chi connectivity index (χ0n) is 14.2. The number of rotatable bonds is 5. The first-order valence-corrected chi connectivity index (χ1v) is 9.23. The Labute approximate surface area is 164 Å². The highest BCUT2D eigenvalue weighted by molar-refractivity contribution is 7.99. The Morgan fingerprint density at radius 3 is 1.96 bits per heavy atom. The lowest BCUT2D eigenvalue weighted by atomic mass is 10.2. The summed E-state index contributed by atoms with van der Waals surface area (Å²) in [6, 6.07) is 26.7. The molecule has 0 aliphatic carbocycles. The Hall–Kier alpha value is -2.14. The van der Waals surface area contributed by atoms with Gasteiger partial charge in [0.2, 0.25) is 0 Å². The van der Waals surface area contributed by atoms with Crippen LogP contribution in [0, 0.1) is 0 Å². The van der Waals surface area contributed by atoms with Crippen LogP contribution < -0.4 is 10.2 Å². The summed E-state index contributed by atoms with van der Waals surface area (Å²) in [7, 11) is 0. The van der Waals surface area contributed by atoms with Crippen LogP contribution in [-0.2, 0) is 0 Å². The van der Waals surface area contributed by atoms with Gasteiger partial charge in [-0.2, -0.15) is 0 Å². The van der Waals surface area contributed by atoms with Crippen molar-refractivity contribution in [2.45, 2.75) is 15.9 Å². The first-order valence-electron chi connectivity index (χ1n) is 8.42. The standard InChI is InChI=1S/C21H20N2OS.ClH/c24-17(14-22-16-8-2-1-3-9-16)15-23-18-10-4-6-12-20(18)25-21-13-7-5-11-19(21)23;/h1-13,17,22,24H,14-15H2;1H. The van der Waals surface area contributed by atoms with Crippen LogP contribution in [0.3, 0.4) is 0 Å². The van der Waals surface area contributed by atoms with Gasteiger partial charge >= 0.3 is 0 Å². The van der Waals surface area contributed by atoms with Crippen molar-refractivity contribution in [1.82, 2.24) is 0 Å². The highest BCUT2D eigenvalue weighted by atomic mass is 35.5. The predicted octanol–water partition coefficient (Wildman–Crippen LogP) is 5.18. The zero-order chi connectivity index (χ0) is 17.1. The van der Waals surface area contributed by atoms with Gasteiger partial charge in [0.25, 0.3) is 0 Å². The number of fused-ring (bicyclic) bond motifs is 2. The second-order valence-corrected chi connectivity index (χ2v) is 7.13. The molecule has 0 amide bonds. The molecule has 0 saturated heterocycles. The second-order valence-electron chi connectivity index (χ2n) is 6.05. The molecule has 3 aromatic rings. The average molecular weight is 385 g/mol. The topological polar surface area (TPSA) is 35.5 Å². The molecular weight excluding hydrogens is 364 g/mol. The fourth-order valence-corrected chi connectivity index (χ4v) is 4.14. The van der Waals surface area contributed by atoms with Gasteiger partial charge in [-0.25, -0.2) is 0 Å². The average Bonchev–Trinajstić information content (AvgIpc) is 2.67. The third kappa shape index (κ3) is 3.98. The number of benzene rings is 3. The normalized spacial score (nSPS) is 13.2. The molecule has 0 radical (unpaired) electrons. The molecule has 0 saturated carbocycles. The van der Waals surface area contributed by atoms with Crippen molar-refractivity contribution in [2.24, 2.45) is 0 Å². The van der Waals surface area contributed by atoms with E-state index in [0.29, 0.717) is 13.1 Å². The van der Waals surface area contributed by atoms with Gasteiger partial charge in [-0.05, 0) is 36.4 Å². The van der Waals surface area contributed by atoms with E-state index < -0.39 is 6.10 Å². The highest BCUT2D eigenvalue weighted by Crippen LogP contribution is 2.47. The van der Waals surface area contributed by atoms with E-state index in [1.54, 1.807) is 11.8 Å². The molecule has 26 heavy (non-hydrogen) atoms. The summed E-state index contributed by atoms with van der Waals surface area (Å²) >= 11 is 1.78. The van der Waals surface area contributed by atoms with Crippen molar-refractivity contribution >= 4 is 41.2 Å². The minimum Gasteiger partial charge on any atom is -0.389 e. The Morgan fingerprint density at radius 2 is 1.35 bits per heavy atom. The number of halogens is 1. The minimum absolute atomic E-state index is 0. The summed E-state index contributed by atoms with van der Waals surface area (Å²) in [5.41, 5.74) is 3.34. The molecule has 0 aromatic heterocycles. The molecule has 1 atom stereocenters. The van der Waals surface area contributed by atoms with Gasteiger partial charge in [0, 0.05) is 22.0 Å². The Morgan fingerprint density at radius 1 is 0.808 bits per heavy atom.